The molecule has 12 rings (SSSR count). The maximum atomic E-state index is 15.7. The van der Waals surface area contributed by atoms with Crippen LogP contribution in [0, 0.1) is 41.9 Å². The van der Waals surface area contributed by atoms with Crippen molar-refractivity contribution in [3.63, 3.8) is 0 Å². The van der Waals surface area contributed by atoms with Crippen LogP contribution in [0.5, 0.6) is 11.6 Å². The van der Waals surface area contributed by atoms with Crippen molar-refractivity contribution in [2.75, 3.05) is 68.4 Å². The molecule has 38 nitrogen and oxygen atoms in total. The summed E-state index contributed by atoms with van der Waals surface area (Å²) in [4.78, 5) is 174. The fraction of sp³-hybridized carbons (Fsp3) is 0.482. The van der Waals surface area contributed by atoms with Gasteiger partial charge in [0.15, 0.2) is 16.8 Å². The van der Waals surface area contributed by atoms with Crippen LogP contribution in [0.1, 0.15) is 130 Å². The Bertz CT molecular complexity index is 5320. The highest BCUT2D eigenvalue weighted by Crippen LogP contribution is 2.74. The molecule has 7 amide bonds. The number of methoxy groups -OCH3 is 2. The first-order valence-electron chi connectivity index (χ1n) is 39.8. The van der Waals surface area contributed by atoms with Gasteiger partial charge in [-0.2, -0.15) is 9.97 Å². The van der Waals surface area contributed by atoms with Crippen LogP contribution in [-0.2, 0) is 76.4 Å². The van der Waals surface area contributed by atoms with Crippen molar-refractivity contribution in [1.29, 1.82) is 0 Å². The SMILES string of the molecule is C#CC[C@H](NC(=O)CC[C@H](NC(=O)c1ccc(NCc2cnc3nc(N)nc(O)c3n2)cc1)C(=O)O)C(=O)N[C@@H](CC(=O)O)C(=O)N[C@@H](CC#C)C(=O)N[C@@H](CSSCCOC(=O)NNC(=O)[C@@]1(O)[C@H](O)[C@]2(CC)C=C(C)CN3[C@@H]2[C@@]24CC3(C)[C@@](O)(CC)C[C@@H]3C[C@@H]3[C@@](C(=O)OC)(c3[nH]c5ccccc5c3CCN)c3cc2c(cc3OC)N(C)[C@@H]14)C(=O)O. The second kappa shape index (κ2) is 36.2. The first kappa shape index (κ1) is 90.2. The number of fused-ring (bicyclic) bond motifs is 6. The van der Waals surface area contributed by atoms with Crippen LogP contribution in [0.15, 0.2) is 78.5 Å². The molecule has 6 aliphatic rings. The molecule has 3 aliphatic carbocycles. The molecule has 4 bridgehead atoms. The number of benzene rings is 3. The van der Waals surface area contributed by atoms with Crippen LogP contribution < -0.4 is 63.9 Å². The van der Waals surface area contributed by atoms with E-state index in [1.54, 1.807) is 18.0 Å². The normalized spacial score (nSPS) is 25.5. The lowest BCUT2D eigenvalue weighted by molar-refractivity contribution is -0.208. The van der Waals surface area contributed by atoms with E-state index >= 15 is 9.59 Å². The van der Waals surface area contributed by atoms with Gasteiger partial charge in [-0.15, -0.1) is 24.7 Å². The average Bonchev–Trinajstić information content (AvgIpc) is 1.46. The Morgan fingerprint density at radius 2 is 1.49 bits per heavy atom. The number of anilines is 3. The molecule has 2 saturated carbocycles. The number of nitrogen functional groups attached to an aromatic ring is 1. The number of nitrogens with one attached hydrogen (secondary N) is 9. The first-order valence-corrected chi connectivity index (χ1v) is 42.3. The summed E-state index contributed by atoms with van der Waals surface area (Å²) in [5, 5.41) is 96.8. The van der Waals surface area contributed by atoms with Crippen molar-refractivity contribution in [3.8, 4) is 36.3 Å². The minimum atomic E-state index is -2.82. The predicted molar refractivity (Wildman–Crippen MR) is 448 cm³/mol. The van der Waals surface area contributed by atoms with Crippen molar-refractivity contribution in [3.05, 3.63) is 112 Å². The van der Waals surface area contributed by atoms with E-state index in [9.17, 15) is 78.9 Å². The Hall–Kier alpha value is -12.1. The van der Waals surface area contributed by atoms with E-state index < -0.39 is 191 Å². The molecule has 3 fully saturated rings. The zero-order valence-corrected chi connectivity index (χ0v) is 70.0. The number of nitrogens with zero attached hydrogens (tertiary/aromatic N) is 6. The fourth-order valence-corrected chi connectivity index (χ4v) is 21.5. The van der Waals surface area contributed by atoms with E-state index in [-0.39, 0.29) is 85.5 Å². The minimum absolute atomic E-state index is 0.0219. The summed E-state index contributed by atoms with van der Waals surface area (Å²) in [5.74, 6) is -9.00. The average molecular weight is 1730 g/mol. The number of esters is 1. The molecular formula is C83H99N17O21S2. The van der Waals surface area contributed by atoms with Gasteiger partial charge in [-0.3, -0.25) is 48.7 Å². The van der Waals surface area contributed by atoms with Crippen molar-refractivity contribution < 1.29 is 103 Å². The number of aromatic amines is 1. The van der Waals surface area contributed by atoms with Gasteiger partial charge in [0.05, 0.1) is 50.7 Å². The molecule has 1 unspecified atom stereocenters. The van der Waals surface area contributed by atoms with Gasteiger partial charge in [0.1, 0.15) is 54.1 Å². The Labute approximate surface area is 713 Å². The lowest BCUT2D eigenvalue weighted by Crippen LogP contribution is -2.82. The quantitative estimate of drug-likeness (QED) is 0.00671. The molecule has 1 saturated heterocycles. The van der Waals surface area contributed by atoms with Gasteiger partial charge in [-0.05, 0) is 125 Å². The predicted octanol–water partition coefficient (Wildman–Crippen LogP) is 1.65. The number of terminal acetylenes is 2. The summed E-state index contributed by atoms with van der Waals surface area (Å²) in [6.07, 6.45) is 9.60. The standard InChI is InChI=1S/C83H99N17O21S2/c1-10-16-52(89-59(101)25-24-54(69(109)110)92-64(104)42-20-22-44(23-21-42)86-36-45-37-87-63-61(88-45)68(108)96-76(85)95-63)65(105)93-55(32-60(102)103)67(107)91-53(17-11-2)66(106)94-56(70(111)112)39-123-122-29-28-121-77(116)98-97-74(114)83(118)72-81-40-78(6,100-38-41(5)34-79(12-3,71(81)100)73(83)113)80(117,13-4)35-43-30-48(43)82(75(115)120-9,50-31-49(81)57(99(72)7)33-58(50)119-8)62-47(26-27-84)46-18-14-15-19-51(46)90-62/h1-2,14-15,18-23,31,33-34,37,43,48,52-56,71-73,86,90,113,117-118H,12-13,16-17,24-30,32,35-36,38-40,84H2,3-9H3,(H,89,101)(H,91,107)(H,92,104)(H,93,105)(H,94,106)(H,97,114)(H,98,116)(H,102,103)(H,109,110)(H,111,112)(H3,85,87,95,96,108)/t43-,48-,52-,53-,54-,55-,56-,71-,72+,73+,78?,79+,80+,81+,82-,83-/m0/s1. The Morgan fingerprint density at radius 1 is 0.813 bits per heavy atom. The number of aliphatic hydroxyl groups excluding tert-OH is 1. The highest BCUT2D eigenvalue weighted by molar-refractivity contribution is 8.76. The summed E-state index contributed by atoms with van der Waals surface area (Å²) in [6.45, 7) is 8.07. The molecule has 6 aromatic rings. The highest BCUT2D eigenvalue weighted by Gasteiger charge is 2.84. The fourth-order valence-electron chi connectivity index (χ4n) is 19.5. The van der Waals surface area contributed by atoms with E-state index in [0.29, 0.717) is 59.0 Å². The van der Waals surface area contributed by atoms with Gasteiger partial charge in [-0.25, -0.2) is 29.8 Å². The number of aromatic nitrogens is 5. The second-order valence-corrected chi connectivity index (χ2v) is 34.6. The number of hydrogen-bond donors (Lipinski definition) is 18. The van der Waals surface area contributed by atoms with Gasteiger partial charge in [0.25, 0.3) is 11.8 Å². The van der Waals surface area contributed by atoms with E-state index in [0.717, 1.165) is 43.6 Å². The number of aliphatic hydroxyl groups is 3. The number of hydrazine groups is 1. The van der Waals surface area contributed by atoms with E-state index in [4.69, 9.17) is 38.5 Å². The number of likely N-dealkylation sites (N-methyl/N-ethyl adjacent to an activating group) is 1. The number of rotatable bonds is 35. The van der Waals surface area contributed by atoms with Gasteiger partial charge in [0, 0.05) is 112 Å². The number of carbonyl (C=O) groups is 11. The van der Waals surface area contributed by atoms with Crippen LogP contribution in [0.3, 0.4) is 0 Å². The molecule has 20 N–H and O–H groups in total. The van der Waals surface area contributed by atoms with Gasteiger partial charge < -0.3 is 103 Å². The number of aliphatic carboxylic acids is 3. The van der Waals surface area contributed by atoms with Gasteiger partial charge in [-0.1, -0.05) is 65.3 Å². The number of carboxylic acid groups (broad SMARTS) is 3. The van der Waals surface area contributed by atoms with Crippen molar-refractivity contribution >= 4 is 126 Å². The molecule has 0 radical (unpaired) electrons. The number of amides is 7. The molecule has 123 heavy (non-hydrogen) atoms. The van der Waals surface area contributed by atoms with E-state index in [1.165, 1.54) is 44.7 Å². The largest absolute Gasteiger partial charge is 0.496 e. The Morgan fingerprint density at radius 3 is 2.14 bits per heavy atom. The first-order chi connectivity index (χ1) is 58.5. The van der Waals surface area contributed by atoms with Crippen LogP contribution in [0.4, 0.5) is 22.1 Å². The van der Waals surface area contributed by atoms with Crippen LogP contribution >= 0.6 is 21.6 Å². The second-order valence-electron chi connectivity index (χ2n) is 32.0. The summed E-state index contributed by atoms with van der Waals surface area (Å²) in [7, 11) is 6.45. The number of carboxylic acids is 3. The molecule has 654 valence electrons. The lowest BCUT2D eigenvalue weighted by atomic mass is 9.47. The van der Waals surface area contributed by atoms with Crippen molar-refractivity contribution in [1.82, 2.24) is 67.3 Å². The lowest BCUT2D eigenvalue weighted by Gasteiger charge is -2.64. The van der Waals surface area contributed by atoms with Crippen molar-refractivity contribution in [2.45, 2.75) is 181 Å². The number of ether oxygens (including phenoxy) is 3. The number of aromatic hydroxyl groups is 1. The highest BCUT2D eigenvalue weighted by atomic mass is 33.1. The number of para-hydroxylation sites is 1. The Kier molecular flexibility index (Phi) is 26.5. The monoisotopic (exact) mass is 1730 g/mol. The molecule has 3 aliphatic heterocycles. The molecule has 1 spiro atoms. The van der Waals surface area contributed by atoms with E-state index in [2.05, 4.69) is 84.4 Å². The zero-order valence-electron chi connectivity index (χ0n) is 68.4. The van der Waals surface area contributed by atoms with Crippen LogP contribution in [-0.4, -0.2) is 249 Å². The number of H-pyrrole nitrogens is 1. The number of nitrogens with two attached hydrogens (primary N) is 2. The third kappa shape index (κ3) is 16.6. The summed E-state index contributed by atoms with van der Waals surface area (Å²) >= 11 is 0. The molecule has 40 heteroatoms. The minimum Gasteiger partial charge on any atom is -0.496 e. The van der Waals surface area contributed by atoms with Gasteiger partial charge >= 0.3 is 30.0 Å². The molecule has 3 aromatic heterocycles. The summed E-state index contributed by atoms with van der Waals surface area (Å²) in [6, 6.07) is 6.50. The topological polar surface area (TPSA) is 579 Å². The van der Waals surface area contributed by atoms with Crippen LogP contribution in [0.2, 0.25) is 0 Å². The number of hydrogen-bond acceptors (Lipinski definition) is 29. The van der Waals surface area contributed by atoms with Crippen molar-refractivity contribution in [2.24, 2.45) is 23.0 Å². The maximum Gasteiger partial charge on any atom is 0.426 e. The molecule has 16 atom stereocenters. The maximum absolute atomic E-state index is 15.7. The molecule has 6 heterocycles. The Balaban J connectivity index is 0.662. The van der Waals surface area contributed by atoms with Gasteiger partial charge in [0.2, 0.25) is 35.5 Å². The third-order valence-electron chi connectivity index (χ3n) is 25.0. The number of carbonyl (C=O) groups excluding carboxylic acids is 8. The molecule has 3 aromatic carbocycles. The zero-order chi connectivity index (χ0) is 89.2. The van der Waals surface area contributed by atoms with E-state index in [1.807, 2.05) is 64.1 Å². The smallest absolute Gasteiger partial charge is 0.426 e. The molecular weight excluding hydrogens is 1640 g/mol. The van der Waals surface area contributed by atoms with Crippen LogP contribution in [0.25, 0.3) is 22.1 Å². The third-order valence-corrected chi connectivity index (χ3v) is 27.4. The summed E-state index contributed by atoms with van der Waals surface area (Å²) in [5.41, 5.74) is 12.2. The summed E-state index contributed by atoms with van der Waals surface area (Å²) < 4.78 is 17.8.